The molecule has 0 aliphatic heterocycles. The van der Waals surface area contributed by atoms with Gasteiger partial charge in [0.15, 0.2) is 0 Å². The van der Waals surface area contributed by atoms with Crippen LogP contribution in [0.15, 0.2) is 12.7 Å². The summed E-state index contributed by atoms with van der Waals surface area (Å²) in [5.74, 6) is 0.903. The molecule has 0 spiro atoms. The van der Waals surface area contributed by atoms with E-state index < -0.39 is 0 Å². The van der Waals surface area contributed by atoms with Gasteiger partial charge in [-0.15, -0.1) is 6.58 Å². The highest BCUT2D eigenvalue weighted by atomic mass is 15.1. The maximum Gasteiger partial charge on any atom is 0.0269 e. The van der Waals surface area contributed by atoms with E-state index in [4.69, 9.17) is 0 Å². The average Bonchev–Trinajstić information content (AvgIpc) is 2.21. The number of hydrogen-bond acceptors (Lipinski definition) is 1. The van der Waals surface area contributed by atoms with E-state index >= 15 is 0 Å². The van der Waals surface area contributed by atoms with Crippen molar-refractivity contribution in [1.29, 1.82) is 0 Å². The fourth-order valence-electron chi connectivity index (χ4n) is 1.91. The highest BCUT2D eigenvalue weighted by molar-refractivity contribution is 4.85. The number of hydrogen-bond donors (Lipinski definition) is 0. The van der Waals surface area contributed by atoms with Crippen LogP contribution in [0.5, 0.6) is 0 Å². The molecule has 0 saturated heterocycles. The fraction of sp³-hybridized carbons (Fsp3) is 0.846. The third kappa shape index (κ3) is 4.80. The van der Waals surface area contributed by atoms with Crippen LogP contribution >= 0.6 is 0 Å². The van der Waals surface area contributed by atoms with Gasteiger partial charge < -0.3 is 0 Å². The van der Waals surface area contributed by atoms with E-state index in [1.165, 1.54) is 32.2 Å². The second-order valence-electron chi connectivity index (χ2n) is 4.16. The average molecular weight is 197 g/mol. The zero-order chi connectivity index (χ0) is 11.0. The minimum Gasteiger partial charge on any atom is -0.300 e. The zero-order valence-corrected chi connectivity index (χ0v) is 10.4. The van der Waals surface area contributed by atoms with Crippen molar-refractivity contribution < 1.29 is 0 Å². The maximum atomic E-state index is 3.88. The van der Waals surface area contributed by atoms with Crippen molar-refractivity contribution in [2.45, 2.75) is 52.5 Å². The SMILES string of the molecule is C=CC(CC)N(C)CCC(CC)CC. The summed E-state index contributed by atoms with van der Waals surface area (Å²) in [4.78, 5) is 2.42. The molecule has 0 rings (SSSR count). The van der Waals surface area contributed by atoms with Gasteiger partial charge in [-0.2, -0.15) is 0 Å². The first kappa shape index (κ1) is 13.7. The third-order valence-corrected chi connectivity index (χ3v) is 3.30. The van der Waals surface area contributed by atoms with Gasteiger partial charge in [-0.1, -0.05) is 39.7 Å². The second-order valence-corrected chi connectivity index (χ2v) is 4.16. The van der Waals surface area contributed by atoms with Crippen LogP contribution in [0.3, 0.4) is 0 Å². The highest BCUT2D eigenvalue weighted by Crippen LogP contribution is 2.14. The van der Waals surface area contributed by atoms with E-state index in [0.29, 0.717) is 6.04 Å². The standard InChI is InChI=1S/C13H27N/c1-6-12(7-2)10-11-14(5)13(8-3)9-4/h8,12-13H,3,6-7,9-11H2,1-2,4-5H3. The Balaban J connectivity index is 3.80. The molecule has 0 aliphatic rings. The molecular formula is C13H27N. The van der Waals surface area contributed by atoms with Crippen LogP contribution in [-0.2, 0) is 0 Å². The molecular weight excluding hydrogens is 170 g/mol. The van der Waals surface area contributed by atoms with Gasteiger partial charge in [-0.3, -0.25) is 4.90 Å². The van der Waals surface area contributed by atoms with Crippen molar-refractivity contribution in [2.75, 3.05) is 13.6 Å². The molecule has 0 aromatic carbocycles. The molecule has 0 radical (unpaired) electrons. The molecule has 0 saturated carbocycles. The van der Waals surface area contributed by atoms with E-state index in [1.807, 2.05) is 0 Å². The molecule has 1 unspecified atom stereocenters. The molecule has 0 aliphatic carbocycles. The Morgan fingerprint density at radius 1 is 1.14 bits per heavy atom. The number of nitrogens with zero attached hydrogens (tertiary/aromatic N) is 1. The van der Waals surface area contributed by atoms with Gasteiger partial charge >= 0.3 is 0 Å². The van der Waals surface area contributed by atoms with Gasteiger partial charge in [0.25, 0.3) is 0 Å². The summed E-state index contributed by atoms with van der Waals surface area (Å²) in [7, 11) is 2.21. The Hall–Kier alpha value is -0.300. The lowest BCUT2D eigenvalue weighted by molar-refractivity contribution is 0.249. The number of rotatable bonds is 8. The molecule has 0 amide bonds. The van der Waals surface area contributed by atoms with Crippen LogP contribution in [0.25, 0.3) is 0 Å². The van der Waals surface area contributed by atoms with Gasteiger partial charge in [-0.25, -0.2) is 0 Å². The largest absolute Gasteiger partial charge is 0.300 e. The summed E-state index contributed by atoms with van der Waals surface area (Å²) in [5.41, 5.74) is 0. The fourth-order valence-corrected chi connectivity index (χ4v) is 1.91. The Bertz CT molecular complexity index is 138. The summed E-state index contributed by atoms with van der Waals surface area (Å²) < 4.78 is 0. The smallest absolute Gasteiger partial charge is 0.0269 e. The third-order valence-electron chi connectivity index (χ3n) is 3.30. The quantitative estimate of drug-likeness (QED) is 0.536. The monoisotopic (exact) mass is 197 g/mol. The van der Waals surface area contributed by atoms with Crippen molar-refractivity contribution in [3.63, 3.8) is 0 Å². The van der Waals surface area contributed by atoms with E-state index in [0.717, 1.165) is 5.92 Å². The van der Waals surface area contributed by atoms with E-state index in [1.54, 1.807) is 0 Å². The minimum atomic E-state index is 0.560. The summed E-state index contributed by atoms with van der Waals surface area (Å²) in [6.07, 6.45) is 7.19. The molecule has 1 atom stereocenters. The highest BCUT2D eigenvalue weighted by Gasteiger charge is 2.10. The first-order chi connectivity index (χ1) is 6.69. The van der Waals surface area contributed by atoms with Gasteiger partial charge in [0, 0.05) is 6.04 Å². The van der Waals surface area contributed by atoms with Gasteiger partial charge in [0.2, 0.25) is 0 Å². The lowest BCUT2D eigenvalue weighted by atomic mass is 9.99. The van der Waals surface area contributed by atoms with E-state index in [9.17, 15) is 0 Å². The van der Waals surface area contributed by atoms with Crippen LogP contribution in [-0.4, -0.2) is 24.5 Å². The van der Waals surface area contributed by atoms with Crippen LogP contribution in [0.2, 0.25) is 0 Å². The predicted molar refractivity (Wildman–Crippen MR) is 65.6 cm³/mol. The lowest BCUT2D eigenvalue weighted by Crippen LogP contribution is -2.31. The molecule has 0 bridgehead atoms. The van der Waals surface area contributed by atoms with Crippen molar-refractivity contribution in [2.24, 2.45) is 5.92 Å². The molecule has 0 heterocycles. The van der Waals surface area contributed by atoms with Crippen molar-refractivity contribution in [1.82, 2.24) is 4.90 Å². The molecule has 1 nitrogen and oxygen atoms in total. The molecule has 0 aromatic rings. The predicted octanol–water partition coefficient (Wildman–Crippen LogP) is 3.71. The van der Waals surface area contributed by atoms with Crippen molar-refractivity contribution in [3.05, 3.63) is 12.7 Å². The van der Waals surface area contributed by atoms with Crippen molar-refractivity contribution in [3.8, 4) is 0 Å². The molecule has 0 aromatic heterocycles. The molecule has 14 heavy (non-hydrogen) atoms. The molecule has 1 heteroatoms. The van der Waals surface area contributed by atoms with E-state index in [-0.39, 0.29) is 0 Å². The minimum absolute atomic E-state index is 0.560. The summed E-state index contributed by atoms with van der Waals surface area (Å²) in [6, 6.07) is 0.560. The lowest BCUT2D eigenvalue weighted by Gasteiger charge is -2.25. The van der Waals surface area contributed by atoms with Gasteiger partial charge in [0.05, 0.1) is 0 Å². The molecule has 0 fully saturated rings. The Morgan fingerprint density at radius 2 is 1.71 bits per heavy atom. The summed E-state index contributed by atoms with van der Waals surface area (Å²) >= 11 is 0. The van der Waals surface area contributed by atoms with Gasteiger partial charge in [0.1, 0.15) is 0 Å². The number of likely N-dealkylation sites (N-methyl/N-ethyl adjacent to an activating group) is 1. The normalized spacial score (nSPS) is 13.6. The zero-order valence-electron chi connectivity index (χ0n) is 10.4. The molecule has 0 N–H and O–H groups in total. The van der Waals surface area contributed by atoms with Crippen LogP contribution in [0.1, 0.15) is 46.5 Å². The first-order valence-corrected chi connectivity index (χ1v) is 6.02. The second kappa shape index (κ2) is 8.05. The van der Waals surface area contributed by atoms with Crippen molar-refractivity contribution >= 4 is 0 Å². The summed E-state index contributed by atoms with van der Waals surface area (Å²) in [5, 5.41) is 0. The van der Waals surface area contributed by atoms with Crippen LogP contribution in [0.4, 0.5) is 0 Å². The Kier molecular flexibility index (Phi) is 7.87. The Morgan fingerprint density at radius 3 is 2.07 bits per heavy atom. The maximum absolute atomic E-state index is 3.88. The van der Waals surface area contributed by atoms with E-state index in [2.05, 4.69) is 45.4 Å². The Labute approximate surface area is 90.2 Å². The first-order valence-electron chi connectivity index (χ1n) is 6.02. The van der Waals surface area contributed by atoms with Gasteiger partial charge in [-0.05, 0) is 32.4 Å². The van der Waals surface area contributed by atoms with Crippen LogP contribution in [0, 0.1) is 5.92 Å². The topological polar surface area (TPSA) is 3.24 Å². The van der Waals surface area contributed by atoms with Crippen LogP contribution < -0.4 is 0 Å². The molecule has 84 valence electrons. The summed E-state index contributed by atoms with van der Waals surface area (Å²) in [6.45, 7) is 11.9.